The molecule has 0 spiro atoms. The summed E-state index contributed by atoms with van der Waals surface area (Å²) in [6.07, 6.45) is 1.56. The maximum absolute atomic E-state index is 12.9. The molecule has 2 aliphatic rings. The van der Waals surface area contributed by atoms with E-state index in [1.807, 2.05) is 0 Å². The van der Waals surface area contributed by atoms with Crippen LogP contribution in [0.5, 0.6) is 11.5 Å². The SMILES string of the molecule is COc1ccc(C(=O)N2CCC(C)(C(=O)NS(=O)(=O)C3CC3)C2)c(OC)c1. The molecule has 1 aliphatic carbocycles. The van der Waals surface area contributed by atoms with Gasteiger partial charge in [-0.3, -0.25) is 14.3 Å². The molecule has 0 radical (unpaired) electrons. The Bertz CT molecular complexity index is 865. The summed E-state index contributed by atoms with van der Waals surface area (Å²) >= 11 is 0. The molecule has 1 saturated heterocycles. The number of benzene rings is 1. The average molecular weight is 396 g/mol. The van der Waals surface area contributed by atoms with Gasteiger partial charge in [-0.25, -0.2) is 8.42 Å². The first-order valence-electron chi connectivity index (χ1n) is 8.77. The highest BCUT2D eigenvalue weighted by Gasteiger charge is 2.46. The maximum atomic E-state index is 12.9. The first-order valence-corrected chi connectivity index (χ1v) is 10.3. The molecule has 1 heterocycles. The lowest BCUT2D eigenvalue weighted by atomic mass is 9.89. The number of nitrogens with zero attached hydrogens (tertiary/aromatic N) is 1. The highest BCUT2D eigenvalue weighted by atomic mass is 32.2. The second-order valence-electron chi connectivity index (χ2n) is 7.28. The first-order chi connectivity index (χ1) is 12.7. The molecule has 1 aliphatic heterocycles. The summed E-state index contributed by atoms with van der Waals surface area (Å²) in [4.78, 5) is 27.0. The van der Waals surface area contributed by atoms with Crippen molar-refractivity contribution in [3.8, 4) is 11.5 Å². The number of carbonyl (C=O) groups excluding carboxylic acids is 2. The van der Waals surface area contributed by atoms with Crippen LogP contribution >= 0.6 is 0 Å². The van der Waals surface area contributed by atoms with E-state index in [9.17, 15) is 18.0 Å². The highest BCUT2D eigenvalue weighted by Crippen LogP contribution is 2.34. The standard InChI is InChI=1S/C18H24N2O6S/c1-18(17(22)19-27(23,24)13-5-6-13)8-9-20(11-18)16(21)14-7-4-12(25-2)10-15(14)26-3/h4,7,10,13H,5-6,8-9,11H2,1-3H3,(H,19,22). The van der Waals surface area contributed by atoms with Gasteiger partial charge in [0.05, 0.1) is 30.4 Å². The van der Waals surface area contributed by atoms with Crippen molar-refractivity contribution < 1.29 is 27.5 Å². The number of nitrogens with one attached hydrogen (secondary N) is 1. The monoisotopic (exact) mass is 396 g/mol. The molecule has 3 rings (SSSR count). The fourth-order valence-electron chi connectivity index (χ4n) is 3.18. The number of sulfonamides is 1. The molecule has 1 saturated carbocycles. The molecule has 2 fully saturated rings. The van der Waals surface area contributed by atoms with Crippen molar-refractivity contribution in [3.05, 3.63) is 23.8 Å². The second kappa shape index (κ2) is 7.03. The third-order valence-electron chi connectivity index (χ3n) is 5.15. The van der Waals surface area contributed by atoms with Crippen LogP contribution < -0.4 is 14.2 Å². The van der Waals surface area contributed by atoms with Crippen LogP contribution in [0.25, 0.3) is 0 Å². The van der Waals surface area contributed by atoms with E-state index in [4.69, 9.17) is 9.47 Å². The molecule has 0 aromatic heterocycles. The number of likely N-dealkylation sites (tertiary alicyclic amines) is 1. The Morgan fingerprint density at radius 1 is 1.22 bits per heavy atom. The summed E-state index contributed by atoms with van der Waals surface area (Å²) in [7, 11) is -0.615. The predicted octanol–water partition coefficient (Wildman–Crippen LogP) is 1.16. The zero-order valence-electron chi connectivity index (χ0n) is 15.6. The number of hydrogen-bond acceptors (Lipinski definition) is 6. The molecule has 148 valence electrons. The number of amides is 2. The Morgan fingerprint density at radius 2 is 1.93 bits per heavy atom. The zero-order valence-corrected chi connectivity index (χ0v) is 16.5. The van der Waals surface area contributed by atoms with E-state index in [2.05, 4.69) is 4.72 Å². The fourth-order valence-corrected chi connectivity index (χ4v) is 4.61. The third-order valence-corrected chi connectivity index (χ3v) is 6.96. The van der Waals surface area contributed by atoms with Gasteiger partial charge in [-0.2, -0.15) is 0 Å². The lowest BCUT2D eigenvalue weighted by Gasteiger charge is -2.24. The van der Waals surface area contributed by atoms with Gasteiger partial charge in [0.1, 0.15) is 11.5 Å². The van der Waals surface area contributed by atoms with Crippen LogP contribution in [0.15, 0.2) is 18.2 Å². The molecular weight excluding hydrogens is 372 g/mol. The second-order valence-corrected chi connectivity index (χ2v) is 9.24. The van der Waals surface area contributed by atoms with E-state index in [0.717, 1.165) is 0 Å². The van der Waals surface area contributed by atoms with Crippen LogP contribution in [0.1, 0.15) is 36.5 Å². The topological polar surface area (TPSA) is 102 Å². The van der Waals surface area contributed by atoms with Gasteiger partial charge in [0.25, 0.3) is 5.91 Å². The average Bonchev–Trinajstić information content (AvgIpc) is 3.43. The predicted molar refractivity (Wildman–Crippen MR) is 98.3 cm³/mol. The van der Waals surface area contributed by atoms with E-state index >= 15 is 0 Å². The van der Waals surface area contributed by atoms with Crippen molar-refractivity contribution >= 4 is 21.8 Å². The quantitative estimate of drug-likeness (QED) is 0.774. The minimum Gasteiger partial charge on any atom is -0.497 e. The Labute approximate surface area is 158 Å². The Kier molecular flexibility index (Phi) is 5.07. The number of ether oxygens (including phenoxy) is 2. The molecule has 1 atom stereocenters. The summed E-state index contributed by atoms with van der Waals surface area (Å²) in [5, 5.41) is -0.465. The van der Waals surface area contributed by atoms with E-state index in [1.54, 1.807) is 30.0 Å². The van der Waals surface area contributed by atoms with Crippen molar-refractivity contribution in [1.29, 1.82) is 0 Å². The van der Waals surface area contributed by atoms with Crippen molar-refractivity contribution in [2.45, 2.75) is 31.4 Å². The van der Waals surface area contributed by atoms with Crippen molar-refractivity contribution in [1.82, 2.24) is 9.62 Å². The van der Waals surface area contributed by atoms with Gasteiger partial charge in [-0.1, -0.05) is 0 Å². The Hall–Kier alpha value is -2.29. The van der Waals surface area contributed by atoms with E-state index in [-0.39, 0.29) is 12.5 Å². The summed E-state index contributed by atoms with van der Waals surface area (Å²) in [6.45, 7) is 2.19. The summed E-state index contributed by atoms with van der Waals surface area (Å²) in [5.74, 6) is 0.135. The molecular formula is C18H24N2O6S. The molecule has 27 heavy (non-hydrogen) atoms. The zero-order chi connectivity index (χ0) is 19.8. The van der Waals surface area contributed by atoms with Crippen LogP contribution in [0.3, 0.4) is 0 Å². The Morgan fingerprint density at radius 3 is 2.52 bits per heavy atom. The van der Waals surface area contributed by atoms with Crippen molar-refractivity contribution in [2.24, 2.45) is 5.41 Å². The molecule has 1 aromatic carbocycles. The van der Waals surface area contributed by atoms with E-state index < -0.39 is 26.6 Å². The summed E-state index contributed by atoms with van der Waals surface area (Å²) in [6, 6.07) is 4.91. The number of rotatable bonds is 6. The van der Waals surface area contributed by atoms with Gasteiger partial charge in [0.15, 0.2) is 0 Å². The molecule has 0 bridgehead atoms. The summed E-state index contributed by atoms with van der Waals surface area (Å²) < 4.78 is 36.7. The smallest absolute Gasteiger partial charge is 0.257 e. The van der Waals surface area contributed by atoms with Crippen molar-refractivity contribution in [2.75, 3.05) is 27.3 Å². The molecule has 9 heteroatoms. The third kappa shape index (κ3) is 3.87. The molecule has 1 N–H and O–H groups in total. The van der Waals surface area contributed by atoms with Gasteiger partial charge in [0.2, 0.25) is 15.9 Å². The molecule has 1 aromatic rings. The van der Waals surface area contributed by atoms with Gasteiger partial charge < -0.3 is 14.4 Å². The van der Waals surface area contributed by atoms with E-state index in [0.29, 0.717) is 42.9 Å². The van der Waals surface area contributed by atoms with Crippen LogP contribution in [-0.2, 0) is 14.8 Å². The molecule has 1 unspecified atom stereocenters. The van der Waals surface area contributed by atoms with Gasteiger partial charge in [-0.05, 0) is 38.3 Å². The molecule has 2 amide bonds. The van der Waals surface area contributed by atoms with Crippen LogP contribution in [0.2, 0.25) is 0 Å². The number of carbonyl (C=O) groups is 2. The maximum Gasteiger partial charge on any atom is 0.257 e. The van der Waals surface area contributed by atoms with Crippen LogP contribution in [0.4, 0.5) is 0 Å². The minimum absolute atomic E-state index is 0.146. The van der Waals surface area contributed by atoms with Crippen LogP contribution in [-0.4, -0.2) is 57.7 Å². The lowest BCUT2D eigenvalue weighted by molar-refractivity contribution is -0.127. The normalized spacial score (nSPS) is 22.4. The number of hydrogen-bond donors (Lipinski definition) is 1. The number of methoxy groups -OCH3 is 2. The molecule has 8 nitrogen and oxygen atoms in total. The lowest BCUT2D eigenvalue weighted by Crippen LogP contribution is -2.45. The van der Waals surface area contributed by atoms with Gasteiger partial charge in [0, 0.05) is 19.2 Å². The van der Waals surface area contributed by atoms with E-state index in [1.165, 1.54) is 14.2 Å². The van der Waals surface area contributed by atoms with Crippen LogP contribution in [0, 0.1) is 5.41 Å². The minimum atomic E-state index is -3.61. The largest absolute Gasteiger partial charge is 0.497 e. The Balaban J connectivity index is 1.73. The van der Waals surface area contributed by atoms with Gasteiger partial charge in [-0.15, -0.1) is 0 Å². The van der Waals surface area contributed by atoms with Crippen molar-refractivity contribution in [3.63, 3.8) is 0 Å². The first kappa shape index (κ1) is 19.5. The highest BCUT2D eigenvalue weighted by molar-refractivity contribution is 7.90. The van der Waals surface area contributed by atoms with Gasteiger partial charge >= 0.3 is 0 Å². The summed E-state index contributed by atoms with van der Waals surface area (Å²) in [5.41, 5.74) is -0.578. The fraction of sp³-hybridized carbons (Fsp3) is 0.556.